The molecule has 1 heterocycles. The third kappa shape index (κ3) is 4.38. The van der Waals surface area contributed by atoms with Crippen LogP contribution in [0, 0.1) is 5.41 Å². The molecule has 1 spiro atoms. The fourth-order valence-electron chi connectivity index (χ4n) is 2.84. The van der Waals surface area contributed by atoms with Crippen LogP contribution in [0.2, 0.25) is 0 Å². The number of ether oxygens (including phenoxy) is 1. The Labute approximate surface area is 124 Å². The standard InChI is InChI=1S/C13H19F2NO3.C2H6/c1-11(2,3)19-10(18)16-5-4-12(6-9(16)17)7-13(14,15)8-12;1-2/h4-8H2,1-3H3;1-2H3. The summed E-state index contributed by atoms with van der Waals surface area (Å²) in [7, 11) is 0. The largest absolute Gasteiger partial charge is 0.443 e. The van der Waals surface area contributed by atoms with E-state index in [1.54, 1.807) is 20.8 Å². The monoisotopic (exact) mass is 305 g/mol. The Morgan fingerprint density at radius 3 is 2.14 bits per heavy atom. The van der Waals surface area contributed by atoms with Crippen LogP contribution in [0.3, 0.4) is 0 Å². The molecule has 4 nitrogen and oxygen atoms in total. The second-order valence-electron chi connectivity index (χ2n) is 6.66. The lowest BCUT2D eigenvalue weighted by molar-refractivity contribution is -0.183. The summed E-state index contributed by atoms with van der Waals surface area (Å²) in [5.41, 5.74) is -1.27. The maximum atomic E-state index is 13.0. The average Bonchev–Trinajstić information content (AvgIpc) is 2.26. The van der Waals surface area contributed by atoms with Crippen molar-refractivity contribution in [3.63, 3.8) is 0 Å². The third-order valence-electron chi connectivity index (χ3n) is 3.57. The number of rotatable bonds is 0. The summed E-state index contributed by atoms with van der Waals surface area (Å²) in [6, 6.07) is 0. The quantitative estimate of drug-likeness (QED) is 0.680. The van der Waals surface area contributed by atoms with Gasteiger partial charge in [0.2, 0.25) is 11.8 Å². The maximum Gasteiger partial charge on any atom is 0.417 e. The Kier molecular flexibility index (Phi) is 5.01. The zero-order valence-electron chi connectivity index (χ0n) is 13.5. The minimum Gasteiger partial charge on any atom is -0.443 e. The normalized spacial score (nSPS) is 23.0. The molecular formula is C15H25F2NO3. The van der Waals surface area contributed by atoms with Gasteiger partial charge < -0.3 is 4.74 Å². The molecule has 0 atom stereocenters. The molecule has 0 radical (unpaired) electrons. The molecule has 1 saturated heterocycles. The van der Waals surface area contributed by atoms with Gasteiger partial charge in [-0.15, -0.1) is 0 Å². The highest BCUT2D eigenvalue weighted by atomic mass is 19.3. The lowest BCUT2D eigenvalue weighted by Crippen LogP contribution is -2.55. The fourth-order valence-corrected chi connectivity index (χ4v) is 2.84. The smallest absolute Gasteiger partial charge is 0.417 e. The molecule has 0 aromatic rings. The van der Waals surface area contributed by atoms with Gasteiger partial charge in [0.1, 0.15) is 5.60 Å². The van der Waals surface area contributed by atoms with Gasteiger partial charge in [-0.1, -0.05) is 13.8 Å². The van der Waals surface area contributed by atoms with Crippen molar-refractivity contribution in [2.24, 2.45) is 5.41 Å². The first-order valence-electron chi connectivity index (χ1n) is 7.43. The van der Waals surface area contributed by atoms with Crippen LogP contribution in [-0.4, -0.2) is 35.0 Å². The third-order valence-corrected chi connectivity index (χ3v) is 3.57. The Bertz CT molecular complexity index is 408. The summed E-state index contributed by atoms with van der Waals surface area (Å²) >= 11 is 0. The van der Waals surface area contributed by atoms with Crippen molar-refractivity contribution in [1.82, 2.24) is 4.90 Å². The van der Waals surface area contributed by atoms with E-state index in [2.05, 4.69) is 0 Å². The van der Waals surface area contributed by atoms with E-state index in [1.165, 1.54) is 0 Å². The summed E-state index contributed by atoms with van der Waals surface area (Å²) in [5, 5.41) is 0. The van der Waals surface area contributed by atoms with Crippen molar-refractivity contribution < 1.29 is 23.1 Å². The Morgan fingerprint density at radius 2 is 1.76 bits per heavy atom. The minimum absolute atomic E-state index is 0.0157. The number of piperidine rings is 1. The first-order valence-corrected chi connectivity index (χ1v) is 7.43. The number of hydrogen-bond acceptors (Lipinski definition) is 3. The second-order valence-corrected chi connectivity index (χ2v) is 6.66. The van der Waals surface area contributed by atoms with Crippen LogP contribution in [0.4, 0.5) is 13.6 Å². The van der Waals surface area contributed by atoms with Gasteiger partial charge in [0.05, 0.1) is 0 Å². The number of imide groups is 1. The molecule has 21 heavy (non-hydrogen) atoms. The molecule has 0 N–H and O–H groups in total. The van der Waals surface area contributed by atoms with Crippen LogP contribution in [0.5, 0.6) is 0 Å². The highest BCUT2D eigenvalue weighted by molar-refractivity contribution is 5.93. The molecule has 1 aliphatic heterocycles. The highest BCUT2D eigenvalue weighted by Crippen LogP contribution is 2.57. The van der Waals surface area contributed by atoms with E-state index in [0.29, 0.717) is 6.42 Å². The Morgan fingerprint density at radius 1 is 1.24 bits per heavy atom. The summed E-state index contributed by atoms with van der Waals surface area (Å²) in [5.74, 6) is -3.05. The van der Waals surface area contributed by atoms with Crippen LogP contribution in [0.1, 0.15) is 60.3 Å². The first kappa shape index (κ1) is 17.9. The van der Waals surface area contributed by atoms with Gasteiger partial charge in [0.15, 0.2) is 0 Å². The van der Waals surface area contributed by atoms with Crippen molar-refractivity contribution in [3.8, 4) is 0 Å². The molecular weight excluding hydrogens is 280 g/mol. The zero-order chi connectivity index (χ0) is 16.5. The van der Waals surface area contributed by atoms with E-state index in [0.717, 1.165) is 4.90 Å². The zero-order valence-corrected chi connectivity index (χ0v) is 13.5. The van der Waals surface area contributed by atoms with E-state index in [1.807, 2.05) is 13.8 Å². The predicted octanol–water partition coefficient (Wildman–Crippen LogP) is 3.99. The molecule has 2 amide bonds. The number of likely N-dealkylation sites (tertiary alicyclic amines) is 1. The van der Waals surface area contributed by atoms with E-state index in [4.69, 9.17) is 4.74 Å². The molecule has 2 fully saturated rings. The van der Waals surface area contributed by atoms with Crippen LogP contribution in [0.25, 0.3) is 0 Å². The van der Waals surface area contributed by atoms with Crippen LogP contribution in [0.15, 0.2) is 0 Å². The fraction of sp³-hybridized carbons (Fsp3) is 0.867. The average molecular weight is 305 g/mol. The number of carbonyl (C=O) groups excluding carboxylic acids is 2. The number of carbonyl (C=O) groups is 2. The van der Waals surface area contributed by atoms with E-state index >= 15 is 0 Å². The molecule has 0 aromatic heterocycles. The van der Waals surface area contributed by atoms with E-state index in [-0.39, 0.29) is 25.8 Å². The Balaban J connectivity index is 0.00000106. The molecule has 6 heteroatoms. The second kappa shape index (κ2) is 5.89. The molecule has 0 bridgehead atoms. The lowest BCUT2D eigenvalue weighted by atomic mass is 9.61. The van der Waals surface area contributed by atoms with Gasteiger partial charge >= 0.3 is 6.09 Å². The Hall–Kier alpha value is -1.20. The summed E-state index contributed by atoms with van der Waals surface area (Å²) < 4.78 is 31.0. The van der Waals surface area contributed by atoms with Crippen molar-refractivity contribution in [2.45, 2.75) is 71.8 Å². The van der Waals surface area contributed by atoms with E-state index in [9.17, 15) is 18.4 Å². The van der Waals surface area contributed by atoms with E-state index < -0.39 is 28.9 Å². The molecule has 122 valence electrons. The van der Waals surface area contributed by atoms with Crippen molar-refractivity contribution in [1.29, 1.82) is 0 Å². The SMILES string of the molecule is CC.CC(C)(C)OC(=O)N1CCC2(CC1=O)CC(F)(F)C2. The lowest BCUT2D eigenvalue weighted by Gasteiger charge is -2.50. The van der Waals surface area contributed by atoms with Crippen molar-refractivity contribution in [3.05, 3.63) is 0 Å². The van der Waals surface area contributed by atoms with Gasteiger partial charge in [-0.05, 0) is 32.6 Å². The minimum atomic E-state index is -2.64. The first-order chi connectivity index (χ1) is 9.52. The van der Waals surface area contributed by atoms with Crippen molar-refractivity contribution >= 4 is 12.0 Å². The summed E-state index contributed by atoms with van der Waals surface area (Å²) in [4.78, 5) is 24.8. The molecule has 2 rings (SSSR count). The highest BCUT2D eigenvalue weighted by Gasteiger charge is 2.59. The van der Waals surface area contributed by atoms with Gasteiger partial charge in [0, 0.05) is 25.8 Å². The number of halogens is 2. The summed E-state index contributed by atoms with van der Waals surface area (Å²) in [6.07, 6.45) is -0.713. The predicted molar refractivity (Wildman–Crippen MR) is 75.1 cm³/mol. The molecule has 0 aromatic carbocycles. The van der Waals surface area contributed by atoms with Crippen LogP contribution in [-0.2, 0) is 9.53 Å². The molecule has 1 saturated carbocycles. The van der Waals surface area contributed by atoms with Crippen molar-refractivity contribution in [2.75, 3.05) is 6.54 Å². The maximum absolute atomic E-state index is 13.0. The molecule has 0 unspecified atom stereocenters. The number of hydrogen-bond donors (Lipinski definition) is 0. The number of nitrogens with zero attached hydrogens (tertiary/aromatic N) is 1. The van der Waals surface area contributed by atoms with Gasteiger partial charge in [-0.2, -0.15) is 0 Å². The number of amides is 2. The van der Waals surface area contributed by atoms with Crippen LogP contribution < -0.4 is 0 Å². The van der Waals surface area contributed by atoms with Gasteiger partial charge in [0.25, 0.3) is 0 Å². The molecule has 2 aliphatic rings. The topological polar surface area (TPSA) is 46.6 Å². The van der Waals surface area contributed by atoms with Crippen LogP contribution >= 0.6 is 0 Å². The summed E-state index contributed by atoms with van der Waals surface area (Å²) in [6.45, 7) is 9.32. The van der Waals surface area contributed by atoms with Gasteiger partial charge in [-0.3, -0.25) is 4.79 Å². The molecule has 1 aliphatic carbocycles. The number of alkyl halides is 2. The van der Waals surface area contributed by atoms with Gasteiger partial charge in [-0.25, -0.2) is 18.5 Å².